The van der Waals surface area contributed by atoms with Crippen LogP contribution in [0.3, 0.4) is 0 Å². The number of aromatic nitrogens is 2. The van der Waals surface area contributed by atoms with E-state index in [2.05, 4.69) is 9.97 Å². The van der Waals surface area contributed by atoms with Gasteiger partial charge >= 0.3 is 0 Å². The number of imidazole rings is 1. The van der Waals surface area contributed by atoms with E-state index >= 15 is 0 Å². The molecule has 12 heavy (non-hydrogen) atoms. The maximum atomic E-state index is 8.41. The molecular weight excluding hydrogens is 152 g/mol. The molecule has 1 heterocycles. The predicted octanol–water partition coefficient (Wildman–Crippen LogP) is 0.850. The van der Waals surface area contributed by atoms with E-state index in [0.717, 1.165) is 11.4 Å². The van der Waals surface area contributed by atoms with Crippen molar-refractivity contribution in [2.75, 3.05) is 0 Å². The van der Waals surface area contributed by atoms with Gasteiger partial charge in [0.25, 0.3) is 0 Å². The Hall–Kier alpha value is -1.81. The Morgan fingerprint density at radius 1 is 1.33 bits per heavy atom. The second-order valence-electron chi connectivity index (χ2n) is 2.42. The molecule has 0 aliphatic heterocycles. The molecule has 0 saturated carbocycles. The van der Waals surface area contributed by atoms with Crippen LogP contribution in [-0.4, -0.2) is 9.97 Å². The van der Waals surface area contributed by atoms with Gasteiger partial charge in [-0.2, -0.15) is 10.5 Å². The molecule has 0 atom stereocenters. The van der Waals surface area contributed by atoms with Crippen molar-refractivity contribution >= 4 is 0 Å². The molecule has 0 aliphatic rings. The van der Waals surface area contributed by atoms with Gasteiger partial charge in [-0.05, 0) is 6.92 Å². The summed E-state index contributed by atoms with van der Waals surface area (Å²) in [5.41, 5.74) is 1.62. The van der Waals surface area contributed by atoms with Gasteiger partial charge < -0.3 is 4.98 Å². The van der Waals surface area contributed by atoms with Crippen LogP contribution in [0.2, 0.25) is 0 Å². The van der Waals surface area contributed by atoms with Crippen molar-refractivity contribution in [1.82, 2.24) is 9.97 Å². The lowest BCUT2D eigenvalue weighted by atomic mass is 10.3. The zero-order valence-corrected chi connectivity index (χ0v) is 6.76. The normalized spacial score (nSPS) is 8.92. The molecule has 0 aliphatic carbocycles. The van der Waals surface area contributed by atoms with Crippen molar-refractivity contribution in [2.24, 2.45) is 0 Å². The van der Waals surface area contributed by atoms with Crippen LogP contribution < -0.4 is 0 Å². The first kappa shape index (κ1) is 8.29. The van der Waals surface area contributed by atoms with E-state index in [9.17, 15) is 0 Å². The van der Waals surface area contributed by atoms with Gasteiger partial charge in [0.1, 0.15) is 5.82 Å². The third-order valence-electron chi connectivity index (χ3n) is 1.53. The van der Waals surface area contributed by atoms with Gasteiger partial charge in [-0.25, -0.2) is 4.98 Å². The monoisotopic (exact) mass is 160 g/mol. The van der Waals surface area contributed by atoms with Gasteiger partial charge in [-0.1, -0.05) is 0 Å². The highest BCUT2D eigenvalue weighted by Gasteiger charge is 2.04. The largest absolute Gasteiger partial charge is 0.345 e. The Bertz CT molecular complexity index is 350. The van der Waals surface area contributed by atoms with Crippen LogP contribution in [0, 0.1) is 29.6 Å². The molecule has 1 aromatic heterocycles. The smallest absolute Gasteiger partial charge is 0.120 e. The van der Waals surface area contributed by atoms with Gasteiger partial charge in [0.15, 0.2) is 0 Å². The Morgan fingerprint density at radius 2 is 2.00 bits per heavy atom. The summed E-state index contributed by atoms with van der Waals surface area (Å²) in [6, 6.07) is 4.00. The minimum absolute atomic E-state index is 0.270. The predicted molar refractivity (Wildman–Crippen MR) is 42.0 cm³/mol. The lowest BCUT2D eigenvalue weighted by Crippen LogP contribution is -1.85. The Morgan fingerprint density at radius 3 is 2.58 bits per heavy atom. The van der Waals surface area contributed by atoms with Crippen molar-refractivity contribution < 1.29 is 0 Å². The van der Waals surface area contributed by atoms with Crippen LogP contribution >= 0.6 is 0 Å². The minimum Gasteiger partial charge on any atom is -0.345 e. The fraction of sp³-hybridized carbons (Fsp3) is 0.375. The van der Waals surface area contributed by atoms with Crippen molar-refractivity contribution in [3.63, 3.8) is 0 Å². The molecule has 4 heteroatoms. The highest BCUT2D eigenvalue weighted by Crippen LogP contribution is 2.05. The first-order valence-corrected chi connectivity index (χ1v) is 3.56. The number of hydrogen-bond acceptors (Lipinski definition) is 3. The number of aromatic amines is 1. The SMILES string of the molecule is Cc1[nH]c(CC#N)nc1CC#N. The molecule has 1 rings (SSSR count). The molecule has 0 fully saturated rings. The maximum absolute atomic E-state index is 8.41. The van der Waals surface area contributed by atoms with Crippen molar-refractivity contribution in [3.8, 4) is 12.1 Å². The quantitative estimate of drug-likeness (QED) is 0.696. The first-order chi connectivity index (χ1) is 5.77. The second kappa shape index (κ2) is 3.54. The zero-order chi connectivity index (χ0) is 8.97. The molecule has 4 nitrogen and oxygen atoms in total. The molecular formula is C8H8N4. The molecule has 0 amide bonds. The summed E-state index contributed by atoms with van der Waals surface area (Å²) in [4.78, 5) is 7.03. The van der Waals surface area contributed by atoms with Crippen LogP contribution in [0.1, 0.15) is 17.2 Å². The maximum Gasteiger partial charge on any atom is 0.120 e. The number of aryl methyl sites for hydroxylation is 1. The van der Waals surface area contributed by atoms with Crippen LogP contribution in [0.5, 0.6) is 0 Å². The molecule has 0 aromatic carbocycles. The fourth-order valence-corrected chi connectivity index (χ4v) is 0.969. The second-order valence-corrected chi connectivity index (χ2v) is 2.42. The topological polar surface area (TPSA) is 76.3 Å². The lowest BCUT2D eigenvalue weighted by Gasteiger charge is -1.84. The van der Waals surface area contributed by atoms with E-state index in [4.69, 9.17) is 10.5 Å². The minimum atomic E-state index is 0.270. The zero-order valence-electron chi connectivity index (χ0n) is 6.76. The summed E-state index contributed by atoms with van der Waals surface area (Å²) in [5, 5.41) is 16.8. The Balaban J connectivity index is 2.88. The van der Waals surface area contributed by atoms with Gasteiger partial charge in [0, 0.05) is 5.69 Å². The molecule has 0 saturated heterocycles. The molecule has 0 bridgehead atoms. The van der Waals surface area contributed by atoms with E-state index in [-0.39, 0.29) is 6.42 Å². The van der Waals surface area contributed by atoms with Crippen molar-refractivity contribution in [1.29, 1.82) is 10.5 Å². The summed E-state index contributed by atoms with van der Waals surface area (Å²) in [7, 11) is 0. The highest BCUT2D eigenvalue weighted by atomic mass is 14.9. The van der Waals surface area contributed by atoms with E-state index in [1.165, 1.54) is 0 Å². The molecule has 0 spiro atoms. The van der Waals surface area contributed by atoms with Crippen LogP contribution in [0.25, 0.3) is 0 Å². The Kier molecular flexibility index (Phi) is 2.45. The number of hydrogen-bond donors (Lipinski definition) is 1. The van der Waals surface area contributed by atoms with Crippen LogP contribution in [-0.2, 0) is 12.8 Å². The Labute approximate surface area is 70.5 Å². The highest BCUT2D eigenvalue weighted by molar-refractivity contribution is 5.17. The summed E-state index contributed by atoms with van der Waals surface area (Å²) >= 11 is 0. The summed E-state index contributed by atoms with van der Waals surface area (Å²) in [6.45, 7) is 1.85. The van der Waals surface area contributed by atoms with E-state index in [1.54, 1.807) is 0 Å². The van der Waals surface area contributed by atoms with Crippen LogP contribution in [0.4, 0.5) is 0 Å². The van der Waals surface area contributed by atoms with Gasteiger partial charge in [0.2, 0.25) is 0 Å². The third-order valence-corrected chi connectivity index (χ3v) is 1.53. The number of nitriles is 2. The van der Waals surface area contributed by atoms with Gasteiger partial charge in [-0.15, -0.1) is 0 Å². The number of nitrogens with one attached hydrogen (secondary N) is 1. The summed E-state index contributed by atoms with van der Waals surface area (Å²) in [5.74, 6) is 0.639. The van der Waals surface area contributed by atoms with Crippen molar-refractivity contribution in [2.45, 2.75) is 19.8 Å². The standard InChI is InChI=1S/C8H8N4/c1-6-7(2-4-9)12-8(11-6)3-5-10/h2-3H2,1H3,(H,11,12). The number of rotatable bonds is 2. The third kappa shape index (κ3) is 1.62. The van der Waals surface area contributed by atoms with E-state index in [1.807, 2.05) is 19.1 Å². The first-order valence-electron chi connectivity index (χ1n) is 3.56. The number of H-pyrrole nitrogens is 1. The average molecular weight is 160 g/mol. The van der Waals surface area contributed by atoms with Crippen molar-refractivity contribution in [3.05, 3.63) is 17.2 Å². The van der Waals surface area contributed by atoms with Gasteiger partial charge in [0.05, 0.1) is 30.7 Å². The van der Waals surface area contributed by atoms with Gasteiger partial charge in [-0.3, -0.25) is 0 Å². The summed E-state index contributed by atoms with van der Waals surface area (Å²) in [6.07, 6.45) is 0.569. The molecule has 1 aromatic rings. The molecule has 1 N–H and O–H groups in total. The average Bonchev–Trinajstić information content (AvgIpc) is 2.34. The summed E-state index contributed by atoms with van der Waals surface area (Å²) < 4.78 is 0. The molecule has 0 radical (unpaired) electrons. The molecule has 0 unspecified atom stereocenters. The number of nitrogens with zero attached hydrogens (tertiary/aromatic N) is 3. The van der Waals surface area contributed by atoms with E-state index < -0.39 is 0 Å². The molecule has 60 valence electrons. The lowest BCUT2D eigenvalue weighted by molar-refractivity contribution is 1.04. The fourth-order valence-electron chi connectivity index (χ4n) is 0.969. The van der Waals surface area contributed by atoms with Crippen LogP contribution in [0.15, 0.2) is 0 Å². The van der Waals surface area contributed by atoms with E-state index in [0.29, 0.717) is 12.2 Å².